The topological polar surface area (TPSA) is 37.6 Å². The maximum atomic E-state index is 5.93. The minimum atomic E-state index is -0.0120. The lowest BCUT2D eigenvalue weighted by molar-refractivity contribution is -0.0539. The molecule has 1 atom stereocenters. The molecule has 1 N–H and O–H groups in total. The van der Waals surface area contributed by atoms with Crippen LogP contribution in [0.25, 0.3) is 0 Å². The van der Waals surface area contributed by atoms with Crippen LogP contribution in [0.3, 0.4) is 0 Å². The molecule has 1 aromatic rings. The van der Waals surface area contributed by atoms with Crippen LogP contribution >= 0.6 is 0 Å². The van der Waals surface area contributed by atoms with Gasteiger partial charge in [0.25, 0.3) is 0 Å². The Morgan fingerprint density at radius 1 is 1.48 bits per heavy atom. The number of methoxy groups -OCH3 is 1. The number of rotatable bonds is 6. The van der Waals surface area contributed by atoms with Gasteiger partial charge in [-0.15, -0.1) is 0 Å². The fraction of sp³-hybridized carbons (Fsp3) is 0.765. The number of aryl methyl sites for hydroxylation is 1. The van der Waals surface area contributed by atoms with Gasteiger partial charge in [0.1, 0.15) is 11.5 Å². The zero-order valence-electron chi connectivity index (χ0n) is 14.2. The Balaban J connectivity index is 1.95. The molecule has 1 fully saturated rings. The fourth-order valence-corrected chi connectivity index (χ4v) is 2.98. The van der Waals surface area contributed by atoms with Crippen molar-refractivity contribution in [2.24, 2.45) is 0 Å². The van der Waals surface area contributed by atoms with Gasteiger partial charge < -0.3 is 14.5 Å². The molecule has 120 valence electrons. The quantitative estimate of drug-likeness (QED) is 0.875. The van der Waals surface area contributed by atoms with Gasteiger partial charge in [-0.05, 0) is 39.3 Å². The van der Waals surface area contributed by atoms with E-state index in [1.54, 1.807) is 0 Å². The lowest BCUT2D eigenvalue weighted by Crippen LogP contribution is -2.46. The average molecular weight is 294 g/mol. The third kappa shape index (κ3) is 4.56. The van der Waals surface area contributed by atoms with Gasteiger partial charge in [-0.3, -0.25) is 4.90 Å². The molecular weight excluding hydrogens is 264 g/mol. The second kappa shape index (κ2) is 6.95. The highest BCUT2D eigenvalue weighted by molar-refractivity contribution is 5.20. The van der Waals surface area contributed by atoms with Crippen LogP contribution in [0.15, 0.2) is 10.5 Å². The van der Waals surface area contributed by atoms with Crippen molar-refractivity contribution in [1.29, 1.82) is 0 Å². The van der Waals surface area contributed by atoms with Crippen LogP contribution in [0.4, 0.5) is 0 Å². The lowest BCUT2D eigenvalue weighted by atomic mass is 9.95. The molecule has 21 heavy (non-hydrogen) atoms. The van der Waals surface area contributed by atoms with Gasteiger partial charge >= 0.3 is 0 Å². The summed E-state index contributed by atoms with van der Waals surface area (Å²) in [4.78, 5) is 2.44. The third-order valence-corrected chi connectivity index (χ3v) is 4.38. The summed E-state index contributed by atoms with van der Waals surface area (Å²) in [6.45, 7) is 12.4. The smallest absolute Gasteiger partial charge is 0.118 e. The highest BCUT2D eigenvalue weighted by atomic mass is 16.5. The Hall–Kier alpha value is -0.840. The number of likely N-dealkylation sites (tertiary alicyclic amines) is 1. The van der Waals surface area contributed by atoms with Crippen molar-refractivity contribution in [2.75, 3.05) is 20.2 Å². The molecule has 0 amide bonds. The molecule has 1 aliphatic heterocycles. The van der Waals surface area contributed by atoms with Gasteiger partial charge in [0.2, 0.25) is 0 Å². The highest BCUT2D eigenvalue weighted by Gasteiger charge is 2.31. The maximum absolute atomic E-state index is 5.93. The molecule has 1 saturated heterocycles. The van der Waals surface area contributed by atoms with Gasteiger partial charge in [-0.2, -0.15) is 0 Å². The summed E-state index contributed by atoms with van der Waals surface area (Å²) in [6.07, 6.45) is 2.33. The zero-order valence-corrected chi connectivity index (χ0v) is 14.2. The number of nitrogens with one attached hydrogen (secondary N) is 1. The van der Waals surface area contributed by atoms with Crippen molar-refractivity contribution in [2.45, 2.75) is 65.3 Å². The first-order valence-corrected chi connectivity index (χ1v) is 8.01. The van der Waals surface area contributed by atoms with Crippen molar-refractivity contribution >= 4 is 0 Å². The maximum Gasteiger partial charge on any atom is 0.118 e. The van der Waals surface area contributed by atoms with Crippen LogP contribution in [0.1, 0.15) is 50.7 Å². The van der Waals surface area contributed by atoms with E-state index in [0.29, 0.717) is 6.04 Å². The molecule has 1 aliphatic rings. The summed E-state index contributed by atoms with van der Waals surface area (Å²) in [5.41, 5.74) is 1.26. The summed E-state index contributed by atoms with van der Waals surface area (Å²) in [5.74, 6) is 2.10. The summed E-state index contributed by atoms with van der Waals surface area (Å²) < 4.78 is 11.6. The van der Waals surface area contributed by atoms with Crippen LogP contribution < -0.4 is 5.32 Å². The van der Waals surface area contributed by atoms with Crippen molar-refractivity contribution in [3.8, 4) is 0 Å². The first kappa shape index (κ1) is 16.5. The Labute approximate surface area is 128 Å². The van der Waals surface area contributed by atoms with E-state index in [-0.39, 0.29) is 5.60 Å². The standard InChI is InChI=1S/C17H30N2O2/c1-13(2)18-10-15-9-16(21-14(15)3)11-19-8-6-7-17(4,12-19)20-5/h9,13,18H,6-8,10-12H2,1-5H3. The van der Waals surface area contributed by atoms with Crippen LogP contribution in [0, 0.1) is 6.92 Å². The monoisotopic (exact) mass is 294 g/mol. The van der Waals surface area contributed by atoms with Gasteiger partial charge in [0.05, 0.1) is 12.1 Å². The minimum absolute atomic E-state index is 0.0120. The molecule has 0 aliphatic carbocycles. The van der Waals surface area contributed by atoms with Gasteiger partial charge in [0, 0.05) is 31.8 Å². The van der Waals surface area contributed by atoms with E-state index in [9.17, 15) is 0 Å². The number of piperidine rings is 1. The van der Waals surface area contributed by atoms with E-state index in [2.05, 4.69) is 44.0 Å². The molecule has 0 aromatic carbocycles. The van der Waals surface area contributed by atoms with Crippen molar-refractivity contribution < 1.29 is 9.15 Å². The fourth-order valence-electron chi connectivity index (χ4n) is 2.98. The van der Waals surface area contributed by atoms with Crippen LogP contribution in [0.5, 0.6) is 0 Å². The molecule has 0 saturated carbocycles. The molecular formula is C17H30N2O2. The molecule has 2 rings (SSSR count). The summed E-state index contributed by atoms with van der Waals surface area (Å²) in [6, 6.07) is 2.69. The Morgan fingerprint density at radius 2 is 2.24 bits per heavy atom. The van der Waals surface area contributed by atoms with Gasteiger partial charge in [-0.25, -0.2) is 0 Å². The van der Waals surface area contributed by atoms with Crippen molar-refractivity contribution in [3.63, 3.8) is 0 Å². The Bertz CT molecular complexity index is 456. The number of furan rings is 1. The van der Waals surface area contributed by atoms with Crippen LogP contribution in [0.2, 0.25) is 0 Å². The number of ether oxygens (including phenoxy) is 1. The summed E-state index contributed by atoms with van der Waals surface area (Å²) in [7, 11) is 1.82. The number of hydrogen-bond acceptors (Lipinski definition) is 4. The van der Waals surface area contributed by atoms with E-state index >= 15 is 0 Å². The lowest BCUT2D eigenvalue weighted by Gasteiger charge is -2.39. The SMILES string of the molecule is COC1(C)CCCN(Cc2cc(CNC(C)C)c(C)o2)C1. The second-order valence-electron chi connectivity index (χ2n) is 6.80. The molecule has 0 radical (unpaired) electrons. The van der Waals surface area contributed by atoms with Crippen molar-refractivity contribution in [3.05, 3.63) is 23.2 Å². The Morgan fingerprint density at radius 3 is 2.90 bits per heavy atom. The third-order valence-electron chi connectivity index (χ3n) is 4.38. The molecule has 0 bridgehead atoms. The van der Waals surface area contributed by atoms with Crippen molar-refractivity contribution in [1.82, 2.24) is 10.2 Å². The Kier molecular flexibility index (Phi) is 5.47. The summed E-state index contributed by atoms with van der Waals surface area (Å²) >= 11 is 0. The second-order valence-corrected chi connectivity index (χ2v) is 6.80. The minimum Gasteiger partial charge on any atom is -0.465 e. The number of hydrogen-bond donors (Lipinski definition) is 1. The predicted octanol–water partition coefficient (Wildman–Crippen LogP) is 3.09. The van der Waals surface area contributed by atoms with E-state index in [1.807, 2.05) is 7.11 Å². The largest absolute Gasteiger partial charge is 0.465 e. The van der Waals surface area contributed by atoms with Crippen LogP contribution in [-0.2, 0) is 17.8 Å². The van der Waals surface area contributed by atoms with E-state index in [0.717, 1.165) is 44.1 Å². The molecule has 0 spiro atoms. The predicted molar refractivity (Wildman–Crippen MR) is 85.3 cm³/mol. The summed E-state index contributed by atoms with van der Waals surface area (Å²) in [5, 5.41) is 3.45. The van der Waals surface area contributed by atoms with Gasteiger partial charge in [0.15, 0.2) is 0 Å². The first-order valence-electron chi connectivity index (χ1n) is 8.01. The highest BCUT2D eigenvalue weighted by Crippen LogP contribution is 2.26. The van der Waals surface area contributed by atoms with Crippen LogP contribution in [-0.4, -0.2) is 36.7 Å². The van der Waals surface area contributed by atoms with Gasteiger partial charge in [-0.1, -0.05) is 13.8 Å². The molecule has 2 heterocycles. The molecule has 1 aromatic heterocycles. The zero-order chi connectivity index (χ0) is 15.5. The first-order chi connectivity index (χ1) is 9.92. The molecule has 4 nitrogen and oxygen atoms in total. The number of nitrogens with zero attached hydrogens (tertiary/aromatic N) is 1. The van der Waals surface area contributed by atoms with E-state index < -0.39 is 0 Å². The molecule has 1 unspecified atom stereocenters. The van der Waals surface area contributed by atoms with E-state index in [1.165, 1.54) is 12.0 Å². The molecule has 4 heteroatoms. The average Bonchev–Trinajstić information content (AvgIpc) is 2.76. The van der Waals surface area contributed by atoms with E-state index in [4.69, 9.17) is 9.15 Å². The normalized spacial score (nSPS) is 23.9.